The molecule has 114 valence electrons. The minimum absolute atomic E-state index is 0.0669. The summed E-state index contributed by atoms with van der Waals surface area (Å²) < 4.78 is 14.4. The fraction of sp³-hybridized carbons (Fsp3) is 0.588. The molecule has 3 nitrogen and oxygen atoms in total. The summed E-state index contributed by atoms with van der Waals surface area (Å²) in [5, 5.41) is 0. The highest BCUT2D eigenvalue weighted by molar-refractivity contribution is 6.00. The Kier molecular flexibility index (Phi) is 3.98. The van der Waals surface area contributed by atoms with Crippen molar-refractivity contribution in [2.24, 2.45) is 0 Å². The molecule has 0 amide bonds. The average molecular weight is 290 g/mol. The zero-order valence-electron chi connectivity index (χ0n) is 12.8. The van der Waals surface area contributed by atoms with E-state index in [2.05, 4.69) is 16.7 Å². The minimum Gasteiger partial charge on any atom is -0.363 e. The number of piperazine rings is 1. The Morgan fingerprint density at radius 2 is 2.10 bits per heavy atom. The fourth-order valence-electron chi connectivity index (χ4n) is 3.76. The van der Waals surface area contributed by atoms with Gasteiger partial charge in [0.05, 0.1) is 5.69 Å². The van der Waals surface area contributed by atoms with Crippen LogP contribution in [-0.4, -0.2) is 42.4 Å². The van der Waals surface area contributed by atoms with E-state index in [4.69, 9.17) is 0 Å². The van der Waals surface area contributed by atoms with Crippen LogP contribution < -0.4 is 4.90 Å². The largest absolute Gasteiger partial charge is 0.363 e. The summed E-state index contributed by atoms with van der Waals surface area (Å²) in [5.41, 5.74) is 1.01. The first-order valence-electron chi connectivity index (χ1n) is 7.88. The maximum absolute atomic E-state index is 14.4. The predicted molar refractivity (Wildman–Crippen MR) is 82.4 cm³/mol. The number of anilines is 1. The second-order valence-corrected chi connectivity index (χ2v) is 6.34. The quantitative estimate of drug-likeness (QED) is 0.782. The minimum atomic E-state index is -0.279. The summed E-state index contributed by atoms with van der Waals surface area (Å²) in [5.74, 6) is -0.346. The topological polar surface area (TPSA) is 23.6 Å². The molecule has 0 aromatic heterocycles. The van der Waals surface area contributed by atoms with Crippen molar-refractivity contribution < 1.29 is 9.18 Å². The molecule has 4 heteroatoms. The van der Waals surface area contributed by atoms with E-state index in [0.29, 0.717) is 17.3 Å². The van der Waals surface area contributed by atoms with Gasteiger partial charge in [0.25, 0.3) is 0 Å². The first-order chi connectivity index (χ1) is 10.1. The predicted octanol–water partition coefficient (Wildman–Crippen LogP) is 3.09. The van der Waals surface area contributed by atoms with E-state index in [1.165, 1.54) is 32.3 Å². The van der Waals surface area contributed by atoms with Gasteiger partial charge in [0.15, 0.2) is 5.78 Å². The van der Waals surface area contributed by atoms with Gasteiger partial charge in [-0.15, -0.1) is 0 Å². The lowest BCUT2D eigenvalue weighted by Gasteiger charge is -2.48. The van der Waals surface area contributed by atoms with Gasteiger partial charge in [0, 0.05) is 30.7 Å². The summed E-state index contributed by atoms with van der Waals surface area (Å²) in [4.78, 5) is 16.5. The van der Waals surface area contributed by atoms with E-state index in [-0.39, 0.29) is 17.6 Å². The fourth-order valence-corrected chi connectivity index (χ4v) is 3.76. The molecule has 2 unspecified atom stereocenters. The summed E-state index contributed by atoms with van der Waals surface area (Å²) in [6, 6.07) is 5.54. The van der Waals surface area contributed by atoms with E-state index in [1.54, 1.807) is 12.1 Å². The summed E-state index contributed by atoms with van der Waals surface area (Å²) in [6.45, 7) is 6.57. The van der Waals surface area contributed by atoms with Crippen LogP contribution in [0.2, 0.25) is 0 Å². The molecule has 0 N–H and O–H groups in total. The standard InChI is InChI=1S/C17H23FN2O/c1-12-10-19-9-4-3-6-14(19)11-20(12)17-15(13(2)21)7-5-8-16(17)18/h5,7-8,12,14H,3-4,6,9-11H2,1-2H3. The van der Waals surface area contributed by atoms with Gasteiger partial charge in [0.1, 0.15) is 5.82 Å². The number of benzene rings is 1. The normalized spacial score (nSPS) is 26.5. The number of Topliss-reactive ketones (excluding diaryl/α,β-unsaturated/α-hetero) is 1. The molecule has 2 atom stereocenters. The Bertz CT molecular complexity index is 546. The number of ketones is 1. The van der Waals surface area contributed by atoms with Gasteiger partial charge in [0.2, 0.25) is 0 Å². The van der Waals surface area contributed by atoms with Crippen LogP contribution in [0.5, 0.6) is 0 Å². The molecule has 1 aromatic carbocycles. The van der Waals surface area contributed by atoms with E-state index >= 15 is 0 Å². The van der Waals surface area contributed by atoms with Crippen molar-refractivity contribution >= 4 is 11.5 Å². The Hall–Kier alpha value is -1.42. The van der Waals surface area contributed by atoms with Crippen molar-refractivity contribution in [3.8, 4) is 0 Å². The van der Waals surface area contributed by atoms with E-state index in [1.807, 2.05) is 0 Å². The highest BCUT2D eigenvalue weighted by Crippen LogP contribution is 2.32. The third-order valence-electron chi connectivity index (χ3n) is 4.84. The van der Waals surface area contributed by atoms with Crippen molar-refractivity contribution in [1.82, 2.24) is 4.90 Å². The van der Waals surface area contributed by atoms with E-state index in [0.717, 1.165) is 19.6 Å². The van der Waals surface area contributed by atoms with Crippen molar-refractivity contribution in [3.05, 3.63) is 29.6 Å². The number of carbonyl (C=O) groups excluding carboxylic acids is 1. The number of nitrogens with zero attached hydrogens (tertiary/aromatic N) is 2. The monoisotopic (exact) mass is 290 g/mol. The number of carbonyl (C=O) groups is 1. The smallest absolute Gasteiger partial charge is 0.161 e. The van der Waals surface area contributed by atoms with Gasteiger partial charge in [-0.2, -0.15) is 0 Å². The second kappa shape index (κ2) is 5.76. The zero-order chi connectivity index (χ0) is 15.0. The van der Waals surface area contributed by atoms with Gasteiger partial charge >= 0.3 is 0 Å². The zero-order valence-corrected chi connectivity index (χ0v) is 12.8. The Balaban J connectivity index is 1.94. The van der Waals surface area contributed by atoms with Crippen LogP contribution in [0.3, 0.4) is 0 Å². The van der Waals surface area contributed by atoms with Gasteiger partial charge < -0.3 is 4.90 Å². The third kappa shape index (κ3) is 2.69. The lowest BCUT2D eigenvalue weighted by molar-refractivity contribution is 0.101. The van der Waals surface area contributed by atoms with Crippen molar-refractivity contribution in [1.29, 1.82) is 0 Å². The third-order valence-corrected chi connectivity index (χ3v) is 4.84. The van der Waals surface area contributed by atoms with E-state index in [9.17, 15) is 9.18 Å². The first kappa shape index (κ1) is 14.5. The Morgan fingerprint density at radius 1 is 1.29 bits per heavy atom. The molecule has 2 fully saturated rings. The molecule has 2 saturated heterocycles. The molecule has 3 rings (SSSR count). The number of halogens is 1. The molecular formula is C17H23FN2O. The molecule has 2 aliphatic heterocycles. The molecule has 0 saturated carbocycles. The Labute approximate surface area is 125 Å². The highest BCUT2D eigenvalue weighted by atomic mass is 19.1. The maximum Gasteiger partial charge on any atom is 0.161 e. The second-order valence-electron chi connectivity index (χ2n) is 6.34. The van der Waals surface area contributed by atoms with E-state index < -0.39 is 0 Å². The first-order valence-corrected chi connectivity index (χ1v) is 7.88. The van der Waals surface area contributed by atoms with Crippen LogP contribution in [0.4, 0.5) is 10.1 Å². The van der Waals surface area contributed by atoms with Crippen molar-refractivity contribution in [3.63, 3.8) is 0 Å². The summed E-state index contributed by atoms with van der Waals surface area (Å²) in [6.07, 6.45) is 3.69. The molecule has 0 radical (unpaired) electrons. The van der Waals surface area contributed by atoms with Gasteiger partial charge in [-0.3, -0.25) is 9.69 Å². The lowest BCUT2D eigenvalue weighted by atomic mass is 9.95. The van der Waals surface area contributed by atoms with Gasteiger partial charge in [-0.1, -0.05) is 12.5 Å². The summed E-state index contributed by atoms with van der Waals surface area (Å²) in [7, 11) is 0. The van der Waals surface area contributed by atoms with Gasteiger partial charge in [-0.25, -0.2) is 4.39 Å². The lowest BCUT2D eigenvalue weighted by Crippen LogP contribution is -2.59. The maximum atomic E-state index is 14.4. The SMILES string of the molecule is CC(=O)c1cccc(F)c1N1CC2CCCCN2CC1C. The number of piperidine rings is 1. The molecule has 0 spiro atoms. The van der Waals surface area contributed by atoms with Crippen molar-refractivity contribution in [2.45, 2.75) is 45.2 Å². The van der Waals surface area contributed by atoms with Crippen LogP contribution in [-0.2, 0) is 0 Å². The number of para-hydroxylation sites is 1. The molecular weight excluding hydrogens is 267 g/mol. The number of rotatable bonds is 2. The molecule has 2 heterocycles. The molecule has 21 heavy (non-hydrogen) atoms. The van der Waals surface area contributed by atoms with Crippen LogP contribution in [0.15, 0.2) is 18.2 Å². The number of hydrogen-bond acceptors (Lipinski definition) is 3. The number of fused-ring (bicyclic) bond motifs is 1. The van der Waals surface area contributed by atoms with Crippen LogP contribution >= 0.6 is 0 Å². The van der Waals surface area contributed by atoms with Crippen LogP contribution in [0, 0.1) is 5.82 Å². The average Bonchev–Trinajstić information content (AvgIpc) is 2.46. The molecule has 0 bridgehead atoms. The number of hydrogen-bond donors (Lipinski definition) is 0. The highest BCUT2D eigenvalue weighted by Gasteiger charge is 2.35. The van der Waals surface area contributed by atoms with Crippen molar-refractivity contribution in [2.75, 3.05) is 24.5 Å². The van der Waals surface area contributed by atoms with Gasteiger partial charge in [-0.05, 0) is 45.4 Å². The summed E-state index contributed by atoms with van der Waals surface area (Å²) >= 11 is 0. The molecule has 1 aromatic rings. The van der Waals surface area contributed by atoms with Crippen LogP contribution in [0.1, 0.15) is 43.5 Å². The Morgan fingerprint density at radius 3 is 2.86 bits per heavy atom. The van der Waals surface area contributed by atoms with Crippen LogP contribution in [0.25, 0.3) is 0 Å². The molecule has 2 aliphatic rings. The molecule has 0 aliphatic carbocycles.